The predicted octanol–water partition coefficient (Wildman–Crippen LogP) is 4.93. The van der Waals surface area contributed by atoms with Gasteiger partial charge in [0.15, 0.2) is 11.0 Å². The lowest BCUT2D eigenvalue weighted by Gasteiger charge is -2.16. The van der Waals surface area contributed by atoms with E-state index in [0.717, 1.165) is 24.2 Å². The summed E-state index contributed by atoms with van der Waals surface area (Å²) in [7, 11) is 0. The lowest BCUT2D eigenvalue weighted by Crippen LogP contribution is -2.23. The Morgan fingerprint density at radius 1 is 0.943 bits per heavy atom. The highest BCUT2D eigenvalue weighted by atomic mass is 32.2. The van der Waals surface area contributed by atoms with Crippen molar-refractivity contribution < 1.29 is 14.0 Å². The molecule has 3 aromatic carbocycles. The number of nitrogens with one attached hydrogen (secondary N) is 1. The minimum atomic E-state index is -0.336. The first-order valence-electron chi connectivity index (χ1n) is 11.2. The van der Waals surface area contributed by atoms with Gasteiger partial charge in [0.1, 0.15) is 5.82 Å². The number of anilines is 2. The molecule has 1 fully saturated rings. The second-order valence-corrected chi connectivity index (χ2v) is 8.96. The molecule has 7 nitrogen and oxygen atoms in total. The number of nitrogens with zero attached hydrogens (tertiary/aromatic N) is 4. The summed E-state index contributed by atoms with van der Waals surface area (Å²) in [4.78, 5) is 26.3. The van der Waals surface area contributed by atoms with Crippen molar-refractivity contribution in [3.8, 4) is 17.1 Å². The summed E-state index contributed by atoms with van der Waals surface area (Å²) in [6, 6.07) is 22.9. The van der Waals surface area contributed by atoms with Crippen LogP contribution in [0.1, 0.15) is 12.8 Å². The number of benzene rings is 3. The maximum Gasteiger partial charge on any atom is 0.234 e. The molecule has 0 bridgehead atoms. The molecule has 9 heteroatoms. The third-order valence-electron chi connectivity index (χ3n) is 5.62. The first-order valence-corrected chi connectivity index (χ1v) is 12.2. The van der Waals surface area contributed by atoms with Gasteiger partial charge in [-0.15, -0.1) is 10.2 Å². The van der Waals surface area contributed by atoms with Crippen LogP contribution in [0.25, 0.3) is 17.1 Å². The van der Waals surface area contributed by atoms with Crippen LogP contribution >= 0.6 is 11.8 Å². The van der Waals surface area contributed by atoms with Gasteiger partial charge >= 0.3 is 0 Å². The molecule has 0 atom stereocenters. The van der Waals surface area contributed by atoms with Gasteiger partial charge in [0.2, 0.25) is 11.8 Å². The number of hydrogen-bond acceptors (Lipinski definition) is 5. The van der Waals surface area contributed by atoms with E-state index in [1.165, 1.54) is 23.9 Å². The van der Waals surface area contributed by atoms with E-state index < -0.39 is 0 Å². The molecule has 35 heavy (non-hydrogen) atoms. The number of thioether (sulfide) groups is 1. The molecule has 1 aliphatic heterocycles. The van der Waals surface area contributed by atoms with E-state index in [0.29, 0.717) is 28.8 Å². The van der Waals surface area contributed by atoms with Gasteiger partial charge in [-0.25, -0.2) is 4.39 Å². The minimum absolute atomic E-state index is 0.112. The molecule has 0 aliphatic carbocycles. The van der Waals surface area contributed by atoms with Gasteiger partial charge in [0, 0.05) is 35.6 Å². The molecule has 2 amide bonds. The van der Waals surface area contributed by atoms with E-state index in [4.69, 9.17) is 0 Å². The fourth-order valence-corrected chi connectivity index (χ4v) is 4.69. The van der Waals surface area contributed by atoms with E-state index in [-0.39, 0.29) is 23.4 Å². The van der Waals surface area contributed by atoms with Crippen molar-refractivity contribution in [2.75, 3.05) is 22.5 Å². The number of amides is 2. The molecule has 1 aromatic heterocycles. The summed E-state index contributed by atoms with van der Waals surface area (Å²) in [6.45, 7) is 0.723. The Labute approximate surface area is 206 Å². The summed E-state index contributed by atoms with van der Waals surface area (Å²) in [5.74, 6) is 0.303. The molecule has 1 aliphatic rings. The number of aromatic nitrogens is 3. The molecule has 0 saturated carbocycles. The van der Waals surface area contributed by atoms with Gasteiger partial charge in [-0.2, -0.15) is 0 Å². The zero-order valence-electron chi connectivity index (χ0n) is 18.7. The third kappa shape index (κ3) is 5.09. The van der Waals surface area contributed by atoms with Crippen LogP contribution in [0.4, 0.5) is 15.8 Å². The standard InChI is InChI=1S/C26H22FN5O2S/c27-19-8-12-22(13-9-19)32-25(18-5-2-1-3-6-18)29-30-26(32)35-17-23(33)28-20-10-14-21(15-11-20)31-16-4-7-24(31)34/h1-3,5-6,8-15H,4,7,16-17H2,(H,28,33). The largest absolute Gasteiger partial charge is 0.325 e. The van der Waals surface area contributed by atoms with Crippen LogP contribution in [-0.2, 0) is 9.59 Å². The molecule has 4 aromatic rings. The Balaban J connectivity index is 1.30. The number of hydrogen-bond donors (Lipinski definition) is 1. The van der Waals surface area contributed by atoms with Crippen molar-refractivity contribution in [1.82, 2.24) is 14.8 Å². The quantitative estimate of drug-likeness (QED) is 0.374. The first kappa shape index (κ1) is 22.8. The lowest BCUT2D eigenvalue weighted by molar-refractivity contribution is -0.117. The molecule has 2 heterocycles. The van der Waals surface area contributed by atoms with Gasteiger partial charge in [-0.1, -0.05) is 42.1 Å². The molecule has 1 saturated heterocycles. The molecular weight excluding hydrogens is 465 g/mol. The van der Waals surface area contributed by atoms with Crippen molar-refractivity contribution in [3.63, 3.8) is 0 Å². The van der Waals surface area contributed by atoms with Crippen LogP contribution in [0, 0.1) is 5.82 Å². The Kier molecular flexibility index (Phi) is 6.58. The second kappa shape index (κ2) is 10.1. The van der Waals surface area contributed by atoms with Crippen LogP contribution in [0.2, 0.25) is 0 Å². The van der Waals surface area contributed by atoms with Crippen LogP contribution in [0.5, 0.6) is 0 Å². The number of carbonyl (C=O) groups excluding carboxylic acids is 2. The fraction of sp³-hybridized carbons (Fsp3) is 0.154. The average Bonchev–Trinajstić information content (AvgIpc) is 3.50. The Morgan fingerprint density at radius 3 is 2.34 bits per heavy atom. The van der Waals surface area contributed by atoms with Crippen LogP contribution in [0.15, 0.2) is 84.0 Å². The number of carbonyl (C=O) groups is 2. The molecule has 0 radical (unpaired) electrons. The summed E-state index contributed by atoms with van der Waals surface area (Å²) < 4.78 is 15.3. The van der Waals surface area contributed by atoms with Crippen LogP contribution in [-0.4, -0.2) is 38.9 Å². The Morgan fingerprint density at radius 2 is 1.66 bits per heavy atom. The summed E-state index contributed by atoms with van der Waals surface area (Å²) in [5, 5.41) is 12.0. The Hall–Kier alpha value is -3.98. The molecule has 0 unspecified atom stereocenters. The SMILES string of the molecule is O=C(CSc1nnc(-c2ccccc2)n1-c1ccc(F)cc1)Nc1ccc(N2CCCC2=O)cc1. The Bertz CT molecular complexity index is 1340. The first-order chi connectivity index (χ1) is 17.1. The van der Waals surface area contributed by atoms with E-state index in [9.17, 15) is 14.0 Å². The van der Waals surface area contributed by atoms with Gasteiger partial charge in [0.25, 0.3) is 0 Å². The van der Waals surface area contributed by atoms with Gasteiger partial charge in [0.05, 0.1) is 5.75 Å². The zero-order chi connectivity index (χ0) is 24.2. The zero-order valence-corrected chi connectivity index (χ0v) is 19.5. The summed E-state index contributed by atoms with van der Waals surface area (Å²) >= 11 is 1.24. The summed E-state index contributed by atoms with van der Waals surface area (Å²) in [5.41, 5.74) is 3.04. The third-order valence-corrected chi connectivity index (χ3v) is 6.55. The fourth-order valence-electron chi connectivity index (χ4n) is 3.93. The highest BCUT2D eigenvalue weighted by molar-refractivity contribution is 7.99. The number of rotatable bonds is 7. The lowest BCUT2D eigenvalue weighted by atomic mass is 10.2. The van der Waals surface area contributed by atoms with Gasteiger partial charge in [-0.3, -0.25) is 14.2 Å². The van der Waals surface area contributed by atoms with Crippen molar-refractivity contribution in [2.24, 2.45) is 0 Å². The van der Waals surface area contributed by atoms with E-state index >= 15 is 0 Å². The smallest absolute Gasteiger partial charge is 0.234 e. The second-order valence-electron chi connectivity index (χ2n) is 8.02. The topological polar surface area (TPSA) is 80.1 Å². The number of halogens is 1. The van der Waals surface area contributed by atoms with Crippen molar-refractivity contribution in [3.05, 3.63) is 84.7 Å². The van der Waals surface area contributed by atoms with E-state index in [1.54, 1.807) is 29.2 Å². The molecule has 176 valence electrons. The highest BCUT2D eigenvalue weighted by Crippen LogP contribution is 2.28. The molecule has 0 spiro atoms. The minimum Gasteiger partial charge on any atom is -0.325 e. The van der Waals surface area contributed by atoms with E-state index in [1.807, 2.05) is 47.0 Å². The predicted molar refractivity (Wildman–Crippen MR) is 134 cm³/mol. The highest BCUT2D eigenvalue weighted by Gasteiger charge is 2.21. The molecular formula is C26H22FN5O2S. The average molecular weight is 488 g/mol. The maximum atomic E-state index is 13.5. The van der Waals surface area contributed by atoms with Gasteiger partial charge in [-0.05, 0) is 55.0 Å². The monoisotopic (exact) mass is 487 g/mol. The maximum absolute atomic E-state index is 13.5. The molecule has 1 N–H and O–H groups in total. The van der Waals surface area contributed by atoms with Crippen molar-refractivity contribution >= 4 is 35.0 Å². The van der Waals surface area contributed by atoms with Crippen LogP contribution in [0.3, 0.4) is 0 Å². The van der Waals surface area contributed by atoms with Gasteiger partial charge < -0.3 is 10.2 Å². The van der Waals surface area contributed by atoms with Crippen molar-refractivity contribution in [1.29, 1.82) is 0 Å². The van der Waals surface area contributed by atoms with Crippen molar-refractivity contribution in [2.45, 2.75) is 18.0 Å². The van der Waals surface area contributed by atoms with E-state index in [2.05, 4.69) is 15.5 Å². The molecule has 5 rings (SSSR count). The van der Waals surface area contributed by atoms with Crippen LogP contribution < -0.4 is 10.2 Å². The summed E-state index contributed by atoms with van der Waals surface area (Å²) in [6.07, 6.45) is 1.44. The normalized spacial score (nSPS) is 13.3.